The third kappa shape index (κ3) is 3.22. The van der Waals surface area contributed by atoms with E-state index in [1.165, 1.54) is 17.4 Å². The zero-order valence-corrected chi connectivity index (χ0v) is 16.7. The molecule has 0 saturated carbocycles. The number of halogens is 2. The molecule has 1 aromatic carbocycles. The summed E-state index contributed by atoms with van der Waals surface area (Å²) in [5, 5.41) is 14.6. The molecule has 0 aliphatic heterocycles. The number of anilines is 1. The number of nitrogens with one attached hydrogen (secondary N) is 2. The lowest BCUT2D eigenvalue weighted by molar-refractivity contribution is 0.102. The van der Waals surface area contributed by atoms with Crippen molar-refractivity contribution in [2.45, 2.75) is 26.2 Å². The summed E-state index contributed by atoms with van der Waals surface area (Å²) in [4.78, 5) is 29.7. The van der Waals surface area contributed by atoms with E-state index in [1.54, 1.807) is 12.1 Å². The van der Waals surface area contributed by atoms with E-state index in [0.717, 1.165) is 29.7 Å². The van der Waals surface area contributed by atoms with Gasteiger partial charge in [0.05, 0.1) is 16.1 Å². The molecule has 2 aromatic heterocycles. The number of aryl methyl sites for hydroxylation is 1. The van der Waals surface area contributed by atoms with Gasteiger partial charge < -0.3 is 15.4 Å². The van der Waals surface area contributed by atoms with Crippen molar-refractivity contribution in [2.75, 3.05) is 5.32 Å². The maximum atomic E-state index is 12.7. The van der Waals surface area contributed by atoms with Gasteiger partial charge in [0.2, 0.25) is 0 Å². The second kappa shape index (κ2) is 6.86. The SMILES string of the molecule is CC1CCc2c(sc3[nH]c(=O)c(C(=O)Nc4ccc(Cl)cc4Cl)c(O)c23)C1. The lowest BCUT2D eigenvalue weighted by Crippen LogP contribution is -2.23. The zero-order chi connectivity index (χ0) is 19.3. The number of aromatic amines is 1. The fourth-order valence-electron chi connectivity index (χ4n) is 3.47. The molecule has 4 rings (SSSR count). The highest BCUT2D eigenvalue weighted by molar-refractivity contribution is 7.18. The van der Waals surface area contributed by atoms with E-state index in [9.17, 15) is 14.7 Å². The van der Waals surface area contributed by atoms with Crippen molar-refractivity contribution in [1.29, 1.82) is 0 Å². The molecule has 1 aliphatic rings. The average molecular weight is 423 g/mol. The molecule has 0 saturated heterocycles. The van der Waals surface area contributed by atoms with Crippen LogP contribution in [0.2, 0.25) is 10.0 Å². The van der Waals surface area contributed by atoms with Crippen molar-refractivity contribution < 1.29 is 9.90 Å². The van der Waals surface area contributed by atoms with Crippen LogP contribution in [0.3, 0.4) is 0 Å². The summed E-state index contributed by atoms with van der Waals surface area (Å²) in [6.07, 6.45) is 2.75. The lowest BCUT2D eigenvalue weighted by Gasteiger charge is -2.18. The number of hydrogen-bond acceptors (Lipinski definition) is 4. The number of aromatic nitrogens is 1. The minimum atomic E-state index is -0.719. The predicted octanol–water partition coefficient (Wildman–Crippen LogP) is 4.98. The fourth-order valence-corrected chi connectivity index (χ4v) is 5.34. The van der Waals surface area contributed by atoms with Crippen LogP contribution in [0.5, 0.6) is 5.75 Å². The Kier molecular flexibility index (Phi) is 4.66. The van der Waals surface area contributed by atoms with E-state index < -0.39 is 11.5 Å². The zero-order valence-electron chi connectivity index (χ0n) is 14.4. The van der Waals surface area contributed by atoms with Gasteiger partial charge in [0, 0.05) is 9.90 Å². The lowest BCUT2D eigenvalue weighted by atomic mass is 9.89. The van der Waals surface area contributed by atoms with Crippen LogP contribution in [-0.2, 0) is 12.8 Å². The highest BCUT2D eigenvalue weighted by atomic mass is 35.5. The van der Waals surface area contributed by atoms with Gasteiger partial charge in [-0.05, 0) is 48.9 Å². The molecule has 0 fully saturated rings. The number of H-pyrrole nitrogens is 1. The Morgan fingerprint density at radius 1 is 1.37 bits per heavy atom. The number of fused-ring (bicyclic) bond motifs is 3. The first-order valence-electron chi connectivity index (χ1n) is 8.51. The Bertz CT molecular complexity index is 1140. The molecular weight excluding hydrogens is 407 g/mol. The van der Waals surface area contributed by atoms with E-state index in [0.29, 0.717) is 26.8 Å². The Balaban J connectivity index is 1.79. The second-order valence-corrected chi connectivity index (χ2v) is 8.76. The molecule has 0 bridgehead atoms. The van der Waals surface area contributed by atoms with Crippen molar-refractivity contribution in [3.8, 4) is 5.75 Å². The molecule has 140 valence electrons. The Hall–Kier alpha value is -2.02. The topological polar surface area (TPSA) is 82.2 Å². The maximum Gasteiger partial charge on any atom is 0.265 e. The molecule has 1 unspecified atom stereocenters. The third-order valence-electron chi connectivity index (χ3n) is 4.85. The first-order valence-corrected chi connectivity index (χ1v) is 10.1. The van der Waals surface area contributed by atoms with Crippen LogP contribution in [0.25, 0.3) is 10.2 Å². The largest absolute Gasteiger partial charge is 0.506 e. The second-order valence-electron chi connectivity index (χ2n) is 6.81. The average Bonchev–Trinajstić information content (AvgIpc) is 2.94. The van der Waals surface area contributed by atoms with Crippen LogP contribution in [0.1, 0.15) is 34.1 Å². The summed E-state index contributed by atoms with van der Waals surface area (Å²) in [6.45, 7) is 2.19. The number of carbonyl (C=O) groups excluding carboxylic acids is 1. The Morgan fingerprint density at radius 2 is 2.15 bits per heavy atom. The number of pyridine rings is 1. The van der Waals surface area contributed by atoms with Crippen LogP contribution in [0.15, 0.2) is 23.0 Å². The van der Waals surface area contributed by atoms with Gasteiger partial charge in [0.15, 0.2) is 0 Å². The number of hydrogen-bond donors (Lipinski definition) is 3. The minimum Gasteiger partial charge on any atom is -0.506 e. The highest BCUT2D eigenvalue weighted by Gasteiger charge is 2.27. The highest BCUT2D eigenvalue weighted by Crippen LogP contribution is 2.41. The van der Waals surface area contributed by atoms with E-state index >= 15 is 0 Å². The van der Waals surface area contributed by atoms with Gasteiger partial charge >= 0.3 is 0 Å². The molecule has 0 spiro atoms. The van der Waals surface area contributed by atoms with Crippen molar-refractivity contribution >= 4 is 56.3 Å². The molecule has 1 amide bonds. The van der Waals surface area contributed by atoms with Crippen molar-refractivity contribution in [2.24, 2.45) is 5.92 Å². The summed E-state index contributed by atoms with van der Waals surface area (Å²) < 4.78 is 0. The van der Waals surface area contributed by atoms with E-state index in [-0.39, 0.29) is 16.3 Å². The first-order chi connectivity index (χ1) is 12.8. The van der Waals surface area contributed by atoms with Crippen molar-refractivity contribution in [3.63, 3.8) is 0 Å². The van der Waals surface area contributed by atoms with Crippen LogP contribution in [0, 0.1) is 5.92 Å². The summed E-state index contributed by atoms with van der Waals surface area (Å²) in [7, 11) is 0. The number of benzene rings is 1. The monoisotopic (exact) mass is 422 g/mol. The van der Waals surface area contributed by atoms with Crippen LogP contribution in [-0.4, -0.2) is 16.0 Å². The number of aromatic hydroxyl groups is 1. The van der Waals surface area contributed by atoms with Gasteiger partial charge in [0.1, 0.15) is 16.1 Å². The van der Waals surface area contributed by atoms with Gasteiger partial charge in [-0.3, -0.25) is 9.59 Å². The molecule has 5 nitrogen and oxygen atoms in total. The normalized spacial score (nSPS) is 16.3. The first kappa shape index (κ1) is 18.3. The van der Waals surface area contributed by atoms with Crippen LogP contribution in [0.4, 0.5) is 5.69 Å². The molecule has 3 N–H and O–H groups in total. The molecule has 2 heterocycles. The van der Waals surface area contributed by atoms with Gasteiger partial charge in [-0.1, -0.05) is 30.1 Å². The van der Waals surface area contributed by atoms with Gasteiger partial charge in [0.25, 0.3) is 11.5 Å². The fraction of sp³-hybridized carbons (Fsp3) is 0.263. The van der Waals surface area contributed by atoms with Crippen LogP contribution < -0.4 is 10.9 Å². The smallest absolute Gasteiger partial charge is 0.265 e. The predicted molar refractivity (Wildman–Crippen MR) is 110 cm³/mol. The summed E-state index contributed by atoms with van der Waals surface area (Å²) in [5.74, 6) is -0.429. The quantitative estimate of drug-likeness (QED) is 0.544. The standard InChI is InChI=1S/C19H16Cl2N2O3S/c1-8-2-4-10-13(6-8)27-19-14(10)16(24)15(18(26)23-19)17(25)22-12-5-3-9(20)7-11(12)21/h3,5,7-8H,2,4,6H2,1H3,(H,22,25)(H2,23,24,26). The molecule has 3 aromatic rings. The Labute approximate surface area is 168 Å². The van der Waals surface area contributed by atoms with E-state index in [4.69, 9.17) is 23.2 Å². The minimum absolute atomic E-state index is 0.245. The molecule has 8 heteroatoms. The number of rotatable bonds is 2. The van der Waals surface area contributed by atoms with Crippen LogP contribution >= 0.6 is 34.5 Å². The molecular formula is C19H16Cl2N2O3S. The summed E-state index contributed by atoms with van der Waals surface area (Å²) >= 11 is 13.4. The van der Waals surface area contributed by atoms with Gasteiger partial charge in [-0.2, -0.15) is 0 Å². The van der Waals surface area contributed by atoms with E-state index in [1.807, 2.05) is 0 Å². The molecule has 1 atom stereocenters. The van der Waals surface area contributed by atoms with Crippen molar-refractivity contribution in [3.05, 3.63) is 54.6 Å². The van der Waals surface area contributed by atoms with Crippen molar-refractivity contribution in [1.82, 2.24) is 4.98 Å². The Morgan fingerprint density at radius 3 is 2.89 bits per heavy atom. The van der Waals surface area contributed by atoms with Gasteiger partial charge in [-0.25, -0.2) is 0 Å². The molecule has 1 aliphatic carbocycles. The van der Waals surface area contributed by atoms with Gasteiger partial charge in [-0.15, -0.1) is 11.3 Å². The summed E-state index contributed by atoms with van der Waals surface area (Å²) in [6, 6.07) is 4.61. The maximum absolute atomic E-state index is 12.7. The number of amides is 1. The van der Waals surface area contributed by atoms with E-state index in [2.05, 4.69) is 17.2 Å². The molecule has 27 heavy (non-hydrogen) atoms. The summed E-state index contributed by atoms with van der Waals surface area (Å²) in [5.41, 5.74) is 0.397. The number of thiophene rings is 1. The number of carbonyl (C=O) groups is 1. The third-order valence-corrected chi connectivity index (χ3v) is 6.56. The molecule has 0 radical (unpaired) electrons.